The number of ether oxygens (including phenoxy) is 1. The molecule has 1 atom stereocenters. The number of carbonyl (C=O) groups excluding carboxylic acids is 1. The minimum atomic E-state index is -5.62. The fraction of sp³-hybridized carbons (Fsp3) is 0.413. The first-order valence-electron chi connectivity index (χ1n) is 21.2. The second kappa shape index (κ2) is 22.2. The number of halogens is 4. The number of hydrogen-bond acceptors (Lipinski definition) is 11. The number of sulfonamides is 1. The van der Waals surface area contributed by atoms with Gasteiger partial charge in [-0.1, -0.05) is 61.4 Å². The number of hydrogen-bond donors (Lipinski definition) is 4. The molecule has 0 saturated carbocycles. The lowest BCUT2D eigenvalue weighted by Crippen LogP contribution is -2.34. The number of benzene rings is 4. The maximum Gasteiger partial charge on any atom is 0.427 e. The lowest BCUT2D eigenvalue weighted by atomic mass is 9.72. The van der Waals surface area contributed by atoms with Gasteiger partial charge in [-0.2, -0.15) is 8.78 Å². The normalized spacial score (nSPS) is 16.8. The van der Waals surface area contributed by atoms with Gasteiger partial charge >= 0.3 is 4.71 Å². The first-order valence-corrected chi connectivity index (χ1v) is 25.9. The number of rotatable bonds is 20. The molecular formula is C46H55Cl2F2N5O6S3. The molecule has 2 aliphatic rings. The number of allylic oxidation sites excluding steroid dienone is 1. The molecule has 1 aliphatic carbocycles. The van der Waals surface area contributed by atoms with E-state index in [0.29, 0.717) is 68.3 Å². The standard InChI is InChI=1S/C46H55Cl2F2N5O6S3/c1-45(2)21-19-35(41(30-45)33-9-13-36(47)14-10-33)31-51-22-23-52-37-15-11-34(12-16-37)44(56)54-64(59,60)40-17-18-42(43(29-40)63(57,58)46(48,49)50)53-38(32-62-39-7-4-3-5-8-39)20-25-55-24-6-27-61-28-26-55/h3-5,7-18,29,38,51-53H,6,19-28,30-32H2,1-2H3,(H,54,56)/t38-/m1/s1. The van der Waals surface area contributed by atoms with Crippen LogP contribution in [0.4, 0.5) is 20.2 Å². The van der Waals surface area contributed by atoms with Gasteiger partial charge in [-0.25, -0.2) is 21.6 Å². The average molecular weight is 979 g/mol. The Hall–Kier alpha value is -3.74. The predicted molar refractivity (Wildman–Crippen MR) is 254 cm³/mol. The van der Waals surface area contributed by atoms with E-state index in [4.69, 9.17) is 27.9 Å². The van der Waals surface area contributed by atoms with E-state index in [-0.39, 0.29) is 16.7 Å². The first-order chi connectivity index (χ1) is 30.4. The van der Waals surface area contributed by atoms with E-state index in [2.05, 4.69) is 46.8 Å². The smallest absolute Gasteiger partial charge is 0.384 e. The summed E-state index contributed by atoms with van der Waals surface area (Å²) < 4.78 is 85.6. The van der Waals surface area contributed by atoms with Crippen molar-refractivity contribution in [1.29, 1.82) is 0 Å². The first kappa shape index (κ1) is 49.7. The molecule has 0 spiro atoms. The Labute approximate surface area is 390 Å². The number of amides is 1. The Morgan fingerprint density at radius 1 is 0.938 bits per heavy atom. The molecular weight excluding hydrogens is 924 g/mol. The lowest BCUT2D eigenvalue weighted by Gasteiger charge is -2.34. The third-order valence-electron chi connectivity index (χ3n) is 11.2. The van der Waals surface area contributed by atoms with E-state index in [0.717, 1.165) is 55.8 Å². The summed E-state index contributed by atoms with van der Waals surface area (Å²) in [5.41, 5.74) is 4.58. The van der Waals surface area contributed by atoms with E-state index in [1.54, 1.807) is 12.1 Å². The monoisotopic (exact) mass is 977 g/mol. The average Bonchev–Trinajstić information content (AvgIpc) is 3.54. The number of alkyl halides is 3. The summed E-state index contributed by atoms with van der Waals surface area (Å²) >= 11 is 12.8. The maximum atomic E-state index is 14.6. The van der Waals surface area contributed by atoms with E-state index in [1.165, 1.54) is 40.6 Å². The van der Waals surface area contributed by atoms with E-state index >= 15 is 0 Å². The van der Waals surface area contributed by atoms with Crippen LogP contribution in [0.15, 0.2) is 117 Å². The van der Waals surface area contributed by atoms with Gasteiger partial charge in [0.2, 0.25) is 0 Å². The molecule has 6 rings (SSSR count). The van der Waals surface area contributed by atoms with Gasteiger partial charge in [0.25, 0.3) is 25.8 Å². The van der Waals surface area contributed by atoms with Gasteiger partial charge in [-0.3, -0.25) is 4.79 Å². The quantitative estimate of drug-likeness (QED) is 0.0382. The summed E-state index contributed by atoms with van der Waals surface area (Å²) in [6.45, 7) is 9.91. The highest BCUT2D eigenvalue weighted by Crippen LogP contribution is 2.43. The van der Waals surface area contributed by atoms with Crippen LogP contribution in [0.5, 0.6) is 0 Å². The van der Waals surface area contributed by atoms with Crippen molar-refractivity contribution in [1.82, 2.24) is 14.9 Å². The molecule has 1 fully saturated rings. The van der Waals surface area contributed by atoms with Crippen molar-refractivity contribution in [2.24, 2.45) is 5.41 Å². The molecule has 0 unspecified atom stereocenters. The van der Waals surface area contributed by atoms with Crippen molar-refractivity contribution in [2.75, 3.05) is 68.9 Å². The number of nitrogens with zero attached hydrogens (tertiary/aromatic N) is 1. The lowest BCUT2D eigenvalue weighted by molar-refractivity contribution is 0.0981. The van der Waals surface area contributed by atoms with Gasteiger partial charge in [0.1, 0.15) is 0 Å². The molecule has 4 aromatic rings. The van der Waals surface area contributed by atoms with Crippen LogP contribution in [-0.2, 0) is 24.6 Å². The minimum Gasteiger partial charge on any atom is -0.384 e. The molecule has 0 aromatic heterocycles. The van der Waals surface area contributed by atoms with Gasteiger partial charge < -0.3 is 25.6 Å². The van der Waals surface area contributed by atoms with Crippen LogP contribution in [-0.4, -0.2) is 96.6 Å². The minimum absolute atomic E-state index is 0.00212. The van der Waals surface area contributed by atoms with Crippen molar-refractivity contribution in [3.63, 3.8) is 0 Å². The zero-order chi connectivity index (χ0) is 46.0. The Kier molecular flexibility index (Phi) is 17.2. The molecule has 1 amide bonds. The fourth-order valence-corrected chi connectivity index (χ4v) is 11.0. The molecule has 0 bridgehead atoms. The summed E-state index contributed by atoms with van der Waals surface area (Å²) in [7, 11) is -10.4. The van der Waals surface area contributed by atoms with Crippen molar-refractivity contribution in [3.8, 4) is 0 Å². The number of sulfone groups is 1. The number of anilines is 2. The molecule has 1 aliphatic heterocycles. The molecule has 4 N–H and O–H groups in total. The van der Waals surface area contributed by atoms with E-state index < -0.39 is 46.3 Å². The van der Waals surface area contributed by atoms with Crippen LogP contribution >= 0.6 is 35.0 Å². The van der Waals surface area contributed by atoms with Crippen molar-refractivity contribution in [3.05, 3.63) is 119 Å². The molecule has 346 valence electrons. The summed E-state index contributed by atoms with van der Waals surface area (Å²) in [4.78, 5) is 14.7. The highest BCUT2D eigenvalue weighted by atomic mass is 35.5. The van der Waals surface area contributed by atoms with Crippen LogP contribution in [0.25, 0.3) is 5.57 Å². The van der Waals surface area contributed by atoms with E-state index in [9.17, 15) is 30.4 Å². The molecule has 1 heterocycles. The molecule has 0 radical (unpaired) electrons. The van der Waals surface area contributed by atoms with Crippen LogP contribution < -0.4 is 20.7 Å². The zero-order valence-corrected chi connectivity index (χ0v) is 39.8. The Morgan fingerprint density at radius 3 is 2.39 bits per heavy atom. The van der Waals surface area contributed by atoms with Gasteiger partial charge in [0.05, 0.1) is 22.1 Å². The van der Waals surface area contributed by atoms with Gasteiger partial charge in [0, 0.05) is 78.8 Å². The van der Waals surface area contributed by atoms with Gasteiger partial charge in [-0.15, -0.1) is 11.8 Å². The van der Waals surface area contributed by atoms with E-state index in [1.807, 2.05) is 47.2 Å². The summed E-state index contributed by atoms with van der Waals surface area (Å²) in [6, 6.07) is 26.0. The highest BCUT2D eigenvalue weighted by molar-refractivity contribution is 7.99. The van der Waals surface area contributed by atoms with Crippen molar-refractivity contribution in [2.45, 2.75) is 71.4 Å². The third kappa shape index (κ3) is 13.9. The van der Waals surface area contributed by atoms with Gasteiger partial charge in [-0.05, 0) is 127 Å². The van der Waals surface area contributed by atoms with Crippen molar-refractivity contribution < 1.29 is 35.1 Å². The molecule has 11 nitrogen and oxygen atoms in total. The second-order valence-electron chi connectivity index (χ2n) is 16.7. The highest BCUT2D eigenvalue weighted by Gasteiger charge is 2.46. The topological polar surface area (TPSA) is 146 Å². The van der Waals surface area contributed by atoms with Crippen LogP contribution in [0.3, 0.4) is 0 Å². The number of nitrogens with one attached hydrogen (secondary N) is 4. The molecule has 64 heavy (non-hydrogen) atoms. The summed E-state index contributed by atoms with van der Waals surface area (Å²) in [5.74, 6) is -0.573. The largest absolute Gasteiger partial charge is 0.427 e. The Balaban J connectivity index is 1.10. The molecule has 4 aromatic carbocycles. The summed E-state index contributed by atoms with van der Waals surface area (Å²) in [5, 5.41) is 10.6. The van der Waals surface area contributed by atoms with Crippen molar-refractivity contribution >= 4 is 77.7 Å². The molecule has 18 heteroatoms. The predicted octanol–water partition coefficient (Wildman–Crippen LogP) is 9.37. The maximum absolute atomic E-state index is 14.6. The number of carbonyl (C=O) groups is 1. The number of thioether (sulfide) groups is 1. The van der Waals surface area contributed by atoms with Gasteiger partial charge in [0.15, 0.2) is 0 Å². The Bertz CT molecular complexity index is 2450. The molecule has 1 saturated heterocycles. The fourth-order valence-electron chi connectivity index (χ4n) is 7.62. The van der Waals surface area contributed by atoms with Crippen LogP contribution in [0.2, 0.25) is 5.02 Å². The zero-order valence-electron chi connectivity index (χ0n) is 35.8. The second-order valence-corrected chi connectivity index (χ2v) is 22.6. The third-order valence-corrected chi connectivity index (χ3v) is 16.1. The summed E-state index contributed by atoms with van der Waals surface area (Å²) in [6.07, 6.45) is 4.44. The van der Waals surface area contributed by atoms with Crippen LogP contribution in [0.1, 0.15) is 61.9 Å². The Morgan fingerprint density at radius 2 is 1.67 bits per heavy atom. The van der Waals surface area contributed by atoms with Crippen LogP contribution in [0, 0.1) is 5.41 Å². The SMILES string of the molecule is CC1(C)CCC(CNCCNc2ccc(C(=O)NS(=O)(=O)c3ccc(N[C@H](CCN4CCCOCC4)CSc4ccccc4)c(S(=O)(=O)C(F)(F)Cl)c3)cc2)=C(c2ccc(Cl)cc2)C1.